The number of nitrogens with one attached hydrogen (secondary N) is 1. The fraction of sp³-hybridized carbons (Fsp3) is 0.154. The molecule has 5 nitrogen and oxygen atoms in total. The van der Waals surface area contributed by atoms with Gasteiger partial charge in [0.1, 0.15) is 24.1 Å². The molecule has 0 aliphatic rings. The van der Waals surface area contributed by atoms with Crippen molar-refractivity contribution in [2.45, 2.75) is 19.7 Å². The Balaban J connectivity index is 1.81. The number of carbonyl (C=O) groups excluding carboxylic acids is 1. The van der Waals surface area contributed by atoms with Crippen molar-refractivity contribution in [2.75, 3.05) is 11.9 Å². The molecule has 0 heterocycles. The van der Waals surface area contributed by atoms with Crippen LogP contribution in [0.25, 0.3) is 6.08 Å². The monoisotopic (exact) mass is 518 g/mol. The van der Waals surface area contributed by atoms with Gasteiger partial charge in [0.15, 0.2) is 11.5 Å². The Morgan fingerprint density at radius 1 is 1.06 bits per heavy atom. The van der Waals surface area contributed by atoms with Crippen LogP contribution in [0.1, 0.15) is 23.6 Å². The van der Waals surface area contributed by atoms with Crippen molar-refractivity contribution in [2.24, 2.45) is 0 Å². The van der Waals surface area contributed by atoms with Crippen molar-refractivity contribution in [1.82, 2.24) is 0 Å². The molecule has 1 amide bonds. The molecule has 10 heteroatoms. The van der Waals surface area contributed by atoms with E-state index in [4.69, 9.17) is 21.1 Å². The lowest BCUT2D eigenvalue weighted by Gasteiger charge is -2.13. The van der Waals surface area contributed by atoms with E-state index in [9.17, 15) is 27.6 Å². The molecule has 3 rings (SSSR count). The van der Waals surface area contributed by atoms with Gasteiger partial charge in [0.2, 0.25) is 0 Å². The van der Waals surface area contributed by atoms with E-state index in [-0.39, 0.29) is 28.7 Å². The van der Waals surface area contributed by atoms with Crippen LogP contribution in [-0.2, 0) is 17.6 Å². The van der Waals surface area contributed by atoms with Crippen molar-refractivity contribution < 1.29 is 31.8 Å². The van der Waals surface area contributed by atoms with E-state index in [1.807, 2.05) is 0 Å². The van der Waals surface area contributed by atoms with Gasteiger partial charge in [0.25, 0.3) is 5.91 Å². The predicted octanol–water partition coefficient (Wildman–Crippen LogP) is 7.02. The predicted molar refractivity (Wildman–Crippen MR) is 127 cm³/mol. The van der Waals surface area contributed by atoms with Crippen molar-refractivity contribution >= 4 is 29.3 Å². The number of nitriles is 1. The molecule has 36 heavy (non-hydrogen) atoms. The van der Waals surface area contributed by atoms with E-state index in [0.717, 1.165) is 17.7 Å². The Kier molecular flexibility index (Phi) is 8.56. The van der Waals surface area contributed by atoms with Crippen LogP contribution in [-0.4, -0.2) is 12.5 Å². The largest absolute Gasteiger partial charge is 0.490 e. The fourth-order valence-electron chi connectivity index (χ4n) is 3.05. The zero-order valence-corrected chi connectivity index (χ0v) is 19.6. The third-order valence-electron chi connectivity index (χ3n) is 4.79. The highest BCUT2D eigenvalue weighted by Crippen LogP contribution is 2.34. The molecule has 0 bridgehead atoms. The van der Waals surface area contributed by atoms with Gasteiger partial charge in [0, 0.05) is 0 Å². The molecule has 0 fully saturated rings. The smallest absolute Gasteiger partial charge is 0.416 e. The van der Waals surface area contributed by atoms with Crippen molar-refractivity contribution in [3.05, 3.63) is 93.8 Å². The SMILES string of the molecule is CCOc1cc(/C=C(\C#N)C(=O)Nc2cc(C(F)(F)F)ccc2Cl)ccc1OCc1ccc(F)cc1. The van der Waals surface area contributed by atoms with Gasteiger partial charge in [-0.1, -0.05) is 29.8 Å². The van der Waals surface area contributed by atoms with Gasteiger partial charge in [-0.3, -0.25) is 4.79 Å². The number of alkyl halides is 3. The fourth-order valence-corrected chi connectivity index (χ4v) is 3.21. The average molecular weight is 519 g/mol. The summed E-state index contributed by atoms with van der Waals surface area (Å²) in [5.74, 6) is -0.574. The number of rotatable bonds is 8. The molecular weight excluding hydrogens is 500 g/mol. The van der Waals surface area contributed by atoms with E-state index in [1.54, 1.807) is 43.3 Å². The third-order valence-corrected chi connectivity index (χ3v) is 5.12. The molecule has 3 aromatic carbocycles. The molecule has 0 saturated heterocycles. The zero-order valence-electron chi connectivity index (χ0n) is 18.8. The number of carbonyl (C=O) groups is 1. The average Bonchev–Trinajstić information content (AvgIpc) is 2.83. The molecule has 3 aromatic rings. The van der Waals surface area contributed by atoms with Gasteiger partial charge in [-0.15, -0.1) is 0 Å². The van der Waals surface area contributed by atoms with Gasteiger partial charge in [-0.05, 0) is 66.6 Å². The van der Waals surface area contributed by atoms with Gasteiger partial charge in [-0.2, -0.15) is 18.4 Å². The highest BCUT2D eigenvalue weighted by molar-refractivity contribution is 6.34. The first-order valence-corrected chi connectivity index (χ1v) is 10.9. The summed E-state index contributed by atoms with van der Waals surface area (Å²) in [4.78, 5) is 12.6. The maximum absolute atomic E-state index is 13.1. The number of hydrogen-bond acceptors (Lipinski definition) is 4. The topological polar surface area (TPSA) is 71.3 Å². The minimum atomic E-state index is -4.63. The molecule has 0 aromatic heterocycles. The summed E-state index contributed by atoms with van der Waals surface area (Å²) in [6.45, 7) is 2.22. The maximum atomic E-state index is 13.1. The normalized spacial score (nSPS) is 11.5. The van der Waals surface area contributed by atoms with E-state index in [0.29, 0.717) is 29.7 Å². The molecule has 0 aliphatic carbocycles. The lowest BCUT2D eigenvalue weighted by atomic mass is 10.1. The number of halogens is 5. The van der Waals surface area contributed by atoms with Crippen LogP contribution in [0.3, 0.4) is 0 Å². The van der Waals surface area contributed by atoms with Crippen LogP contribution in [0.5, 0.6) is 11.5 Å². The van der Waals surface area contributed by atoms with Crippen LogP contribution in [0.15, 0.2) is 66.2 Å². The first kappa shape index (κ1) is 26.6. The molecule has 0 radical (unpaired) electrons. The number of ether oxygens (including phenoxy) is 2. The second kappa shape index (κ2) is 11.6. The Bertz CT molecular complexity index is 1320. The van der Waals surface area contributed by atoms with Crippen LogP contribution >= 0.6 is 11.6 Å². The van der Waals surface area contributed by atoms with Crippen molar-refractivity contribution in [1.29, 1.82) is 5.26 Å². The van der Waals surface area contributed by atoms with Crippen LogP contribution in [0.4, 0.5) is 23.2 Å². The second-order valence-electron chi connectivity index (χ2n) is 7.37. The second-order valence-corrected chi connectivity index (χ2v) is 7.78. The van der Waals surface area contributed by atoms with Crippen LogP contribution in [0.2, 0.25) is 5.02 Å². The minimum absolute atomic E-state index is 0.116. The highest BCUT2D eigenvalue weighted by Gasteiger charge is 2.31. The summed E-state index contributed by atoms with van der Waals surface area (Å²) in [5.41, 5.74) is -0.501. The minimum Gasteiger partial charge on any atom is -0.490 e. The van der Waals surface area contributed by atoms with E-state index in [1.165, 1.54) is 18.2 Å². The molecule has 0 atom stereocenters. The lowest BCUT2D eigenvalue weighted by Crippen LogP contribution is -2.15. The molecule has 1 N–H and O–H groups in total. The van der Waals surface area contributed by atoms with Gasteiger partial charge in [-0.25, -0.2) is 4.39 Å². The lowest BCUT2D eigenvalue weighted by molar-refractivity contribution is -0.137. The molecule has 186 valence electrons. The Labute approximate surface area is 209 Å². The van der Waals surface area contributed by atoms with Crippen LogP contribution < -0.4 is 14.8 Å². The molecular formula is C26H19ClF4N2O3. The van der Waals surface area contributed by atoms with Crippen molar-refractivity contribution in [3.63, 3.8) is 0 Å². The summed E-state index contributed by atoms with van der Waals surface area (Å²) < 4.78 is 63.4. The standard InChI is InChI=1S/C26H19ClF4N2O3/c1-2-35-24-12-17(5-10-23(24)36-15-16-3-7-20(28)8-4-16)11-18(14-32)25(34)33-22-13-19(26(29,30)31)6-9-21(22)27/h3-13H,2,15H2,1H3,(H,33,34)/b18-11+. The summed E-state index contributed by atoms with van der Waals surface area (Å²) >= 11 is 5.92. The van der Waals surface area contributed by atoms with E-state index < -0.39 is 17.6 Å². The quantitative estimate of drug-likeness (QED) is 0.197. The molecule has 0 saturated carbocycles. The summed E-state index contributed by atoms with van der Waals surface area (Å²) in [5, 5.41) is 11.6. The Hall–Kier alpha value is -4.03. The summed E-state index contributed by atoms with van der Waals surface area (Å²) in [6, 6.07) is 14.7. The number of anilines is 1. The summed E-state index contributed by atoms with van der Waals surface area (Å²) in [6.07, 6.45) is -3.38. The zero-order chi connectivity index (χ0) is 26.3. The first-order valence-electron chi connectivity index (χ1n) is 10.5. The molecule has 0 spiro atoms. The number of amides is 1. The number of benzene rings is 3. The van der Waals surface area contributed by atoms with Gasteiger partial charge >= 0.3 is 6.18 Å². The Morgan fingerprint density at radius 2 is 1.78 bits per heavy atom. The summed E-state index contributed by atoms with van der Waals surface area (Å²) in [7, 11) is 0. The first-order chi connectivity index (χ1) is 17.1. The highest BCUT2D eigenvalue weighted by atomic mass is 35.5. The number of hydrogen-bond donors (Lipinski definition) is 1. The van der Waals surface area contributed by atoms with Gasteiger partial charge < -0.3 is 14.8 Å². The molecule has 0 unspecified atom stereocenters. The van der Waals surface area contributed by atoms with E-state index in [2.05, 4.69) is 5.32 Å². The number of nitrogens with zero attached hydrogens (tertiary/aromatic N) is 1. The van der Waals surface area contributed by atoms with Crippen molar-refractivity contribution in [3.8, 4) is 17.6 Å². The maximum Gasteiger partial charge on any atom is 0.416 e. The van der Waals surface area contributed by atoms with Crippen LogP contribution in [0, 0.1) is 17.1 Å². The van der Waals surface area contributed by atoms with Gasteiger partial charge in [0.05, 0.1) is 22.9 Å². The molecule has 0 aliphatic heterocycles. The van der Waals surface area contributed by atoms with E-state index >= 15 is 0 Å². The third kappa shape index (κ3) is 6.99. The Morgan fingerprint density at radius 3 is 2.42 bits per heavy atom.